The summed E-state index contributed by atoms with van der Waals surface area (Å²) in [6.45, 7) is 4.59. The predicted octanol–water partition coefficient (Wildman–Crippen LogP) is 3.97. The first-order valence-electron chi connectivity index (χ1n) is 5.86. The van der Waals surface area contributed by atoms with Crippen molar-refractivity contribution in [2.24, 2.45) is 5.73 Å². The maximum atomic E-state index is 6.35. The summed E-state index contributed by atoms with van der Waals surface area (Å²) in [6, 6.07) is 8.02. The Balaban J connectivity index is 2.07. The molecule has 1 fully saturated rings. The minimum Gasteiger partial charge on any atom is -0.323 e. The van der Waals surface area contributed by atoms with Crippen LogP contribution < -0.4 is 5.73 Å². The predicted molar refractivity (Wildman–Crippen MR) is 81.1 cm³/mol. The second kappa shape index (κ2) is 5.87. The zero-order valence-electron chi connectivity index (χ0n) is 10.1. The van der Waals surface area contributed by atoms with Gasteiger partial charge in [-0.15, -0.1) is 0 Å². The molecule has 0 radical (unpaired) electrons. The first kappa shape index (κ1) is 13.6. The van der Waals surface area contributed by atoms with E-state index >= 15 is 0 Å². The van der Waals surface area contributed by atoms with Crippen LogP contribution in [0, 0.1) is 0 Å². The zero-order valence-corrected chi connectivity index (χ0v) is 12.5. The van der Waals surface area contributed by atoms with Gasteiger partial charge in [-0.05, 0) is 17.7 Å². The molecule has 2 N–H and O–H groups in total. The number of hydrogen-bond acceptors (Lipinski definition) is 3. The summed E-state index contributed by atoms with van der Waals surface area (Å²) in [7, 11) is 0. The topological polar surface area (TPSA) is 26.0 Å². The normalized spacial score (nSPS) is 31.2. The number of halogens is 1. The van der Waals surface area contributed by atoms with E-state index in [4.69, 9.17) is 17.3 Å². The zero-order chi connectivity index (χ0) is 12.4. The van der Waals surface area contributed by atoms with Crippen LogP contribution in [0.3, 0.4) is 0 Å². The van der Waals surface area contributed by atoms with Gasteiger partial charge in [0.25, 0.3) is 0 Å². The van der Waals surface area contributed by atoms with Gasteiger partial charge in [-0.3, -0.25) is 0 Å². The fourth-order valence-corrected chi connectivity index (χ4v) is 5.17. The van der Waals surface area contributed by atoms with Gasteiger partial charge >= 0.3 is 0 Å². The highest BCUT2D eigenvalue weighted by molar-refractivity contribution is 8.07. The molecule has 1 aromatic carbocycles. The highest BCUT2D eigenvalue weighted by Gasteiger charge is 2.30. The fourth-order valence-electron chi connectivity index (χ4n) is 1.92. The van der Waals surface area contributed by atoms with E-state index in [2.05, 4.69) is 19.9 Å². The average molecular weight is 288 g/mol. The first-order chi connectivity index (χ1) is 8.08. The molecule has 1 nitrogen and oxygen atoms in total. The lowest BCUT2D eigenvalue weighted by Gasteiger charge is -2.34. The third-order valence-electron chi connectivity index (χ3n) is 3.21. The van der Waals surface area contributed by atoms with Crippen molar-refractivity contribution in [1.82, 2.24) is 0 Å². The lowest BCUT2D eigenvalue weighted by molar-refractivity contribution is 0.708. The Morgan fingerprint density at radius 3 is 2.76 bits per heavy atom. The smallest absolute Gasteiger partial charge is 0.0424 e. The van der Waals surface area contributed by atoms with E-state index in [1.165, 1.54) is 0 Å². The Hall–Kier alpha value is 0.170. The van der Waals surface area contributed by atoms with Gasteiger partial charge in [0.05, 0.1) is 0 Å². The van der Waals surface area contributed by atoms with Crippen molar-refractivity contribution in [3.05, 3.63) is 34.9 Å². The third kappa shape index (κ3) is 3.34. The Labute approximate surface area is 117 Å². The van der Waals surface area contributed by atoms with Crippen molar-refractivity contribution >= 4 is 35.1 Å². The first-order valence-corrected chi connectivity index (χ1v) is 8.23. The number of rotatable bonds is 2. The summed E-state index contributed by atoms with van der Waals surface area (Å²) in [5, 5.41) is 2.66. The summed E-state index contributed by atoms with van der Waals surface area (Å²) in [5.41, 5.74) is 7.50. The van der Waals surface area contributed by atoms with Gasteiger partial charge in [-0.2, -0.15) is 23.5 Å². The molecule has 17 heavy (non-hydrogen) atoms. The van der Waals surface area contributed by atoms with Crippen LogP contribution in [-0.4, -0.2) is 21.5 Å². The molecule has 0 aromatic heterocycles. The molecule has 0 spiro atoms. The molecule has 94 valence electrons. The van der Waals surface area contributed by atoms with E-state index in [0.29, 0.717) is 10.5 Å². The summed E-state index contributed by atoms with van der Waals surface area (Å²) < 4.78 is 0. The Kier molecular flexibility index (Phi) is 4.70. The number of benzene rings is 1. The molecule has 1 heterocycles. The minimum atomic E-state index is 0.0844. The molecular formula is C13H18ClNS2. The summed E-state index contributed by atoms with van der Waals surface area (Å²) in [4.78, 5) is 0. The van der Waals surface area contributed by atoms with Crippen molar-refractivity contribution in [2.45, 2.75) is 35.6 Å². The van der Waals surface area contributed by atoms with Crippen LogP contribution in [-0.2, 0) is 0 Å². The Morgan fingerprint density at radius 2 is 2.12 bits per heavy atom. The van der Waals surface area contributed by atoms with Gasteiger partial charge in [0, 0.05) is 32.6 Å². The van der Waals surface area contributed by atoms with Crippen LogP contribution >= 0.6 is 35.1 Å². The van der Waals surface area contributed by atoms with Gasteiger partial charge in [0.1, 0.15) is 0 Å². The average Bonchev–Trinajstić information content (AvgIpc) is 2.32. The molecule has 1 aliphatic rings. The van der Waals surface area contributed by atoms with Crippen molar-refractivity contribution in [3.63, 3.8) is 0 Å². The number of nitrogens with two attached hydrogens (primary N) is 1. The standard InChI is InChI=1S/C13H18ClNS2/c1-8-9(2)17-12(7-16-8)13(15)10-4-3-5-11(14)6-10/h3-6,8-9,12-13H,7,15H2,1-2H3. The molecule has 1 saturated heterocycles. The molecule has 1 aromatic rings. The molecule has 0 saturated carbocycles. The molecular weight excluding hydrogens is 270 g/mol. The summed E-state index contributed by atoms with van der Waals surface area (Å²) in [5.74, 6) is 1.13. The molecule has 4 heteroatoms. The van der Waals surface area contributed by atoms with E-state index < -0.39 is 0 Å². The van der Waals surface area contributed by atoms with E-state index in [0.717, 1.165) is 21.6 Å². The highest BCUT2D eigenvalue weighted by atomic mass is 35.5. The lowest BCUT2D eigenvalue weighted by Crippen LogP contribution is -2.34. The molecule has 0 amide bonds. The monoisotopic (exact) mass is 287 g/mol. The second-order valence-electron chi connectivity index (χ2n) is 4.50. The largest absolute Gasteiger partial charge is 0.323 e. The van der Waals surface area contributed by atoms with Crippen LogP contribution in [0.5, 0.6) is 0 Å². The van der Waals surface area contributed by atoms with E-state index in [1.807, 2.05) is 41.7 Å². The quantitative estimate of drug-likeness (QED) is 0.891. The van der Waals surface area contributed by atoms with E-state index in [9.17, 15) is 0 Å². The Bertz CT molecular complexity index is 385. The second-order valence-corrected chi connectivity index (χ2v) is 7.97. The summed E-state index contributed by atoms with van der Waals surface area (Å²) in [6.07, 6.45) is 0. The van der Waals surface area contributed by atoms with Crippen molar-refractivity contribution in [2.75, 3.05) is 5.75 Å². The van der Waals surface area contributed by atoms with Gasteiger partial charge in [0.15, 0.2) is 0 Å². The van der Waals surface area contributed by atoms with Crippen LogP contribution in [0.2, 0.25) is 5.02 Å². The molecule has 1 aliphatic heterocycles. The van der Waals surface area contributed by atoms with E-state index in [-0.39, 0.29) is 6.04 Å². The van der Waals surface area contributed by atoms with Gasteiger partial charge < -0.3 is 5.73 Å². The van der Waals surface area contributed by atoms with Gasteiger partial charge in [-0.25, -0.2) is 0 Å². The molecule has 4 atom stereocenters. The molecule has 4 unspecified atom stereocenters. The highest BCUT2D eigenvalue weighted by Crippen LogP contribution is 2.40. The van der Waals surface area contributed by atoms with Gasteiger partial charge in [-0.1, -0.05) is 37.6 Å². The molecule has 0 aliphatic carbocycles. The number of thioether (sulfide) groups is 2. The maximum absolute atomic E-state index is 6.35. The van der Waals surface area contributed by atoms with Crippen molar-refractivity contribution < 1.29 is 0 Å². The molecule has 0 bridgehead atoms. The number of hydrogen-bond donors (Lipinski definition) is 1. The maximum Gasteiger partial charge on any atom is 0.0424 e. The van der Waals surface area contributed by atoms with Crippen LogP contribution in [0.25, 0.3) is 0 Å². The minimum absolute atomic E-state index is 0.0844. The summed E-state index contributed by atoms with van der Waals surface area (Å²) >= 11 is 10.1. The Morgan fingerprint density at radius 1 is 1.35 bits per heavy atom. The van der Waals surface area contributed by atoms with Gasteiger partial charge in [0.2, 0.25) is 0 Å². The van der Waals surface area contributed by atoms with Crippen LogP contribution in [0.15, 0.2) is 24.3 Å². The van der Waals surface area contributed by atoms with E-state index in [1.54, 1.807) is 0 Å². The third-order valence-corrected chi connectivity index (χ3v) is 6.96. The van der Waals surface area contributed by atoms with Crippen LogP contribution in [0.4, 0.5) is 0 Å². The lowest BCUT2D eigenvalue weighted by atomic mass is 10.1. The fraction of sp³-hybridized carbons (Fsp3) is 0.538. The van der Waals surface area contributed by atoms with Crippen molar-refractivity contribution in [1.29, 1.82) is 0 Å². The van der Waals surface area contributed by atoms with Crippen LogP contribution in [0.1, 0.15) is 25.5 Å². The van der Waals surface area contributed by atoms with Crippen molar-refractivity contribution in [3.8, 4) is 0 Å². The SMILES string of the molecule is CC1SCC(C(N)c2cccc(Cl)c2)SC1C. The molecule has 2 rings (SSSR count).